The fraction of sp³-hybridized carbons (Fsp3) is 0.300. The summed E-state index contributed by atoms with van der Waals surface area (Å²) >= 11 is 1.36. The Bertz CT molecular complexity index is 876. The molecule has 7 heteroatoms. The minimum atomic E-state index is -1.25. The van der Waals surface area contributed by atoms with Gasteiger partial charge < -0.3 is 26.8 Å². The second kappa shape index (κ2) is 9.82. The molecule has 1 unspecified atom stereocenters. The van der Waals surface area contributed by atoms with Crippen molar-refractivity contribution in [3.8, 4) is 11.1 Å². The molecule has 0 radical (unpaired) electrons. The van der Waals surface area contributed by atoms with Crippen LogP contribution in [0.3, 0.4) is 0 Å². The summed E-state index contributed by atoms with van der Waals surface area (Å²) in [6.07, 6.45) is 3.44. The summed E-state index contributed by atoms with van der Waals surface area (Å²) in [5.74, 6) is 0.543. The maximum absolute atomic E-state index is 12.2. The molecule has 27 heavy (non-hydrogen) atoms. The van der Waals surface area contributed by atoms with Gasteiger partial charge in [0, 0.05) is 13.3 Å². The standard InChI is InChI=1S/C20H23N2O3S.BrH/c1-15-21(2)11-12-22(15)10-6-13-25-20(24)18(23)19-17(9-14-26-19)16-7-4-3-5-8-16;/h3-5,7-9,11-12,14,18,23H,6,10,13H2,1-2H3;1H/q+1;/p-1. The SMILES string of the molecule is Cc1n(CCCOC(=O)C(O)c2sccc2-c2ccccc2)cc[n+]1C.[Br-]. The third-order valence-electron chi connectivity index (χ3n) is 4.44. The summed E-state index contributed by atoms with van der Waals surface area (Å²) in [4.78, 5) is 12.9. The molecule has 0 bridgehead atoms. The number of hydrogen-bond acceptors (Lipinski definition) is 4. The number of halogens is 1. The summed E-state index contributed by atoms with van der Waals surface area (Å²) in [6, 6.07) is 11.6. The molecule has 0 saturated heterocycles. The number of aryl methyl sites for hydroxylation is 2. The fourth-order valence-corrected chi connectivity index (χ4v) is 3.71. The van der Waals surface area contributed by atoms with Gasteiger partial charge in [-0.2, -0.15) is 0 Å². The quantitative estimate of drug-likeness (QED) is 0.313. The number of nitrogens with zero attached hydrogens (tertiary/aromatic N) is 2. The van der Waals surface area contributed by atoms with Crippen molar-refractivity contribution in [2.75, 3.05) is 6.61 Å². The largest absolute Gasteiger partial charge is 1.00 e. The summed E-state index contributed by atoms with van der Waals surface area (Å²) in [7, 11) is 1.99. The minimum Gasteiger partial charge on any atom is -1.00 e. The van der Waals surface area contributed by atoms with Gasteiger partial charge in [0.15, 0.2) is 6.10 Å². The number of carbonyl (C=O) groups excluding carboxylic acids is 1. The number of imidazole rings is 1. The number of benzene rings is 1. The van der Waals surface area contributed by atoms with Crippen LogP contribution in [-0.4, -0.2) is 22.2 Å². The number of thiophene rings is 1. The third-order valence-corrected chi connectivity index (χ3v) is 5.40. The number of aliphatic hydroxyl groups is 1. The number of ether oxygens (including phenoxy) is 1. The lowest BCUT2D eigenvalue weighted by atomic mass is 10.0. The van der Waals surface area contributed by atoms with E-state index in [0.717, 1.165) is 23.5 Å². The Labute approximate surface area is 173 Å². The Balaban J connectivity index is 0.00000261. The molecule has 0 spiro atoms. The van der Waals surface area contributed by atoms with Gasteiger partial charge in [-0.25, -0.2) is 13.9 Å². The van der Waals surface area contributed by atoms with E-state index < -0.39 is 12.1 Å². The zero-order valence-corrected chi connectivity index (χ0v) is 17.7. The highest BCUT2D eigenvalue weighted by Crippen LogP contribution is 2.33. The summed E-state index contributed by atoms with van der Waals surface area (Å²) in [6.45, 7) is 3.09. The van der Waals surface area contributed by atoms with Gasteiger partial charge in [0.2, 0.25) is 0 Å². The predicted octanol–water partition coefficient (Wildman–Crippen LogP) is 0.0204. The van der Waals surface area contributed by atoms with E-state index in [1.54, 1.807) is 0 Å². The molecule has 0 fully saturated rings. The maximum Gasteiger partial charge on any atom is 0.340 e. The molecule has 0 amide bonds. The van der Waals surface area contributed by atoms with Gasteiger partial charge in [-0.1, -0.05) is 30.3 Å². The van der Waals surface area contributed by atoms with E-state index in [-0.39, 0.29) is 23.6 Å². The molecular weight excluding hydrogens is 428 g/mol. The molecule has 3 rings (SSSR count). The van der Waals surface area contributed by atoms with Crippen LogP contribution < -0.4 is 21.5 Å². The first kappa shape index (κ1) is 21.3. The number of carbonyl (C=O) groups is 1. The van der Waals surface area contributed by atoms with Crippen LogP contribution in [0.5, 0.6) is 0 Å². The number of esters is 1. The molecule has 0 aliphatic carbocycles. The Kier molecular flexibility index (Phi) is 7.77. The Morgan fingerprint density at radius 1 is 1.30 bits per heavy atom. The van der Waals surface area contributed by atoms with E-state index >= 15 is 0 Å². The molecule has 0 aliphatic heterocycles. The van der Waals surface area contributed by atoms with Crippen molar-refractivity contribution in [1.29, 1.82) is 0 Å². The Morgan fingerprint density at radius 2 is 2.04 bits per heavy atom. The minimum absolute atomic E-state index is 0. The zero-order chi connectivity index (χ0) is 18.5. The first-order valence-corrected chi connectivity index (χ1v) is 9.45. The molecule has 2 aromatic heterocycles. The predicted molar refractivity (Wildman–Crippen MR) is 101 cm³/mol. The van der Waals surface area contributed by atoms with Gasteiger partial charge in [-0.15, -0.1) is 11.3 Å². The van der Waals surface area contributed by atoms with Gasteiger partial charge in [0.1, 0.15) is 12.4 Å². The maximum atomic E-state index is 12.2. The summed E-state index contributed by atoms with van der Waals surface area (Å²) in [5.41, 5.74) is 1.85. The van der Waals surface area contributed by atoms with Crippen molar-refractivity contribution in [2.24, 2.45) is 7.05 Å². The first-order valence-electron chi connectivity index (χ1n) is 8.57. The van der Waals surface area contributed by atoms with E-state index in [9.17, 15) is 9.90 Å². The van der Waals surface area contributed by atoms with Crippen molar-refractivity contribution in [3.05, 3.63) is 64.9 Å². The van der Waals surface area contributed by atoms with Crippen LogP contribution in [-0.2, 0) is 23.1 Å². The van der Waals surface area contributed by atoms with Crippen molar-refractivity contribution in [2.45, 2.75) is 26.0 Å². The Morgan fingerprint density at radius 3 is 2.70 bits per heavy atom. The molecule has 3 aromatic rings. The fourth-order valence-electron chi connectivity index (χ4n) is 2.82. The van der Waals surface area contributed by atoms with E-state index in [2.05, 4.69) is 4.57 Å². The lowest BCUT2D eigenvalue weighted by Crippen LogP contribution is -3.00. The van der Waals surface area contributed by atoms with Crippen LogP contribution in [0, 0.1) is 6.92 Å². The second-order valence-corrected chi connectivity index (χ2v) is 7.09. The van der Waals surface area contributed by atoms with Crippen LogP contribution in [0.2, 0.25) is 0 Å². The molecule has 1 N–H and O–H groups in total. The molecule has 0 saturated carbocycles. The summed E-state index contributed by atoms with van der Waals surface area (Å²) < 4.78 is 9.43. The number of aliphatic hydroxyl groups excluding tert-OH is 1. The molecule has 2 heterocycles. The van der Waals surface area contributed by atoms with Gasteiger partial charge in [-0.3, -0.25) is 0 Å². The topological polar surface area (TPSA) is 55.3 Å². The highest BCUT2D eigenvalue weighted by Gasteiger charge is 2.24. The summed E-state index contributed by atoms with van der Waals surface area (Å²) in [5, 5.41) is 12.3. The second-order valence-electron chi connectivity index (χ2n) is 6.14. The van der Waals surface area contributed by atoms with E-state index in [4.69, 9.17) is 4.74 Å². The normalized spacial score (nSPS) is 11.7. The molecular formula is C20H23BrN2O3S. The molecule has 5 nitrogen and oxygen atoms in total. The lowest BCUT2D eigenvalue weighted by molar-refractivity contribution is -0.677. The zero-order valence-electron chi connectivity index (χ0n) is 15.3. The van der Waals surface area contributed by atoms with Crippen molar-refractivity contribution >= 4 is 17.3 Å². The van der Waals surface area contributed by atoms with Crippen LogP contribution in [0.4, 0.5) is 0 Å². The average Bonchev–Trinajstić information content (AvgIpc) is 3.27. The average molecular weight is 451 g/mol. The first-order chi connectivity index (χ1) is 12.6. The van der Waals surface area contributed by atoms with E-state index in [0.29, 0.717) is 11.3 Å². The van der Waals surface area contributed by atoms with Gasteiger partial charge in [0.05, 0.1) is 25.1 Å². The van der Waals surface area contributed by atoms with Crippen molar-refractivity contribution in [3.63, 3.8) is 0 Å². The molecule has 1 aromatic carbocycles. The number of aromatic nitrogens is 2. The van der Waals surface area contributed by atoms with Crippen molar-refractivity contribution < 1.29 is 36.2 Å². The van der Waals surface area contributed by atoms with E-state index in [1.165, 1.54) is 11.3 Å². The Hall–Kier alpha value is -1.96. The van der Waals surface area contributed by atoms with E-state index in [1.807, 2.05) is 72.7 Å². The van der Waals surface area contributed by atoms with Crippen molar-refractivity contribution in [1.82, 2.24) is 4.57 Å². The van der Waals surface area contributed by atoms with Crippen LogP contribution in [0.15, 0.2) is 54.2 Å². The number of rotatable bonds is 7. The van der Waals surface area contributed by atoms with Crippen LogP contribution in [0.1, 0.15) is 23.2 Å². The van der Waals surface area contributed by atoms with Crippen LogP contribution in [0.25, 0.3) is 11.1 Å². The van der Waals surface area contributed by atoms with Gasteiger partial charge in [-0.05, 0) is 22.6 Å². The highest BCUT2D eigenvalue weighted by molar-refractivity contribution is 7.10. The monoisotopic (exact) mass is 450 g/mol. The highest BCUT2D eigenvalue weighted by atomic mass is 79.9. The number of hydrogen-bond donors (Lipinski definition) is 1. The van der Waals surface area contributed by atoms with Gasteiger partial charge >= 0.3 is 5.97 Å². The smallest absolute Gasteiger partial charge is 0.340 e. The lowest BCUT2D eigenvalue weighted by Gasteiger charge is -2.11. The third kappa shape index (κ3) is 5.06. The molecule has 0 aliphatic rings. The molecule has 1 atom stereocenters. The van der Waals surface area contributed by atoms with Crippen LogP contribution >= 0.6 is 11.3 Å². The molecule has 144 valence electrons. The van der Waals surface area contributed by atoms with Gasteiger partial charge in [0.25, 0.3) is 5.82 Å².